The highest BCUT2D eigenvalue weighted by Crippen LogP contribution is 2.33. The number of primary amides is 1. The average Bonchev–Trinajstić information content (AvgIpc) is 2.87. The summed E-state index contributed by atoms with van der Waals surface area (Å²) in [4.78, 5) is 19.5. The molecule has 4 N–H and O–H groups in total. The SMILES string of the molecule is CC(O)(CN1CCC(c2ncc(C(N)=O)[nH]2)CC1)C(F)(F)F. The van der Waals surface area contributed by atoms with Crippen molar-refractivity contribution >= 4 is 5.91 Å². The van der Waals surface area contributed by atoms with Gasteiger partial charge in [-0.25, -0.2) is 4.98 Å². The highest BCUT2D eigenvalue weighted by Gasteiger charge is 2.50. The van der Waals surface area contributed by atoms with Gasteiger partial charge in [0.05, 0.1) is 6.20 Å². The van der Waals surface area contributed by atoms with Crippen LogP contribution in [0.3, 0.4) is 0 Å². The lowest BCUT2D eigenvalue weighted by atomic mass is 9.94. The first-order chi connectivity index (χ1) is 10.1. The van der Waals surface area contributed by atoms with Crippen LogP contribution in [-0.4, -0.2) is 57.3 Å². The fourth-order valence-electron chi connectivity index (χ4n) is 2.56. The highest BCUT2D eigenvalue weighted by atomic mass is 19.4. The zero-order valence-electron chi connectivity index (χ0n) is 12.2. The lowest BCUT2D eigenvalue weighted by molar-refractivity contribution is -0.258. The van der Waals surface area contributed by atoms with Gasteiger partial charge in [-0.1, -0.05) is 0 Å². The molecule has 0 aliphatic carbocycles. The Morgan fingerprint density at radius 1 is 1.50 bits per heavy atom. The number of imidazole rings is 1. The summed E-state index contributed by atoms with van der Waals surface area (Å²) in [5.74, 6) is 0.0635. The molecule has 0 aromatic carbocycles. The van der Waals surface area contributed by atoms with E-state index in [1.165, 1.54) is 6.20 Å². The fourth-order valence-corrected chi connectivity index (χ4v) is 2.56. The van der Waals surface area contributed by atoms with Gasteiger partial charge in [0.2, 0.25) is 0 Å². The quantitative estimate of drug-likeness (QED) is 0.771. The van der Waals surface area contributed by atoms with Crippen LogP contribution in [-0.2, 0) is 0 Å². The minimum atomic E-state index is -4.65. The lowest BCUT2D eigenvalue weighted by Gasteiger charge is -2.36. The molecular formula is C13H19F3N4O2. The number of carbonyl (C=O) groups is 1. The normalized spacial score (nSPS) is 20.8. The van der Waals surface area contributed by atoms with Crippen LogP contribution in [0.4, 0.5) is 13.2 Å². The second-order valence-electron chi connectivity index (χ2n) is 5.87. The summed E-state index contributed by atoms with van der Waals surface area (Å²) in [6, 6.07) is 0. The third-order valence-corrected chi connectivity index (χ3v) is 3.98. The second kappa shape index (κ2) is 5.88. The van der Waals surface area contributed by atoms with Gasteiger partial charge in [-0.15, -0.1) is 0 Å². The van der Waals surface area contributed by atoms with Gasteiger partial charge in [0, 0.05) is 12.5 Å². The van der Waals surface area contributed by atoms with Crippen LogP contribution in [0.25, 0.3) is 0 Å². The van der Waals surface area contributed by atoms with Gasteiger partial charge in [0.1, 0.15) is 11.5 Å². The third kappa shape index (κ3) is 3.58. The summed E-state index contributed by atoms with van der Waals surface area (Å²) < 4.78 is 38.0. The molecule has 0 saturated carbocycles. The minimum Gasteiger partial charge on any atom is -0.380 e. The molecular weight excluding hydrogens is 301 g/mol. The summed E-state index contributed by atoms with van der Waals surface area (Å²) in [7, 11) is 0. The molecule has 1 fully saturated rings. The van der Waals surface area contributed by atoms with Gasteiger partial charge in [0.25, 0.3) is 5.91 Å². The van der Waals surface area contributed by atoms with Crippen LogP contribution in [0.15, 0.2) is 6.20 Å². The fraction of sp³-hybridized carbons (Fsp3) is 0.692. The van der Waals surface area contributed by atoms with E-state index in [0.29, 0.717) is 31.8 Å². The predicted octanol–water partition coefficient (Wildman–Crippen LogP) is 1.00. The number of aromatic amines is 1. The van der Waals surface area contributed by atoms with Gasteiger partial charge in [-0.05, 0) is 32.9 Å². The van der Waals surface area contributed by atoms with Crippen molar-refractivity contribution in [3.8, 4) is 0 Å². The molecule has 1 aromatic rings. The minimum absolute atomic E-state index is 0.0418. The maximum atomic E-state index is 12.7. The van der Waals surface area contributed by atoms with Crippen molar-refractivity contribution in [2.75, 3.05) is 19.6 Å². The number of aromatic nitrogens is 2. The van der Waals surface area contributed by atoms with Crippen LogP contribution in [0.2, 0.25) is 0 Å². The van der Waals surface area contributed by atoms with Crippen molar-refractivity contribution in [1.29, 1.82) is 0 Å². The topological polar surface area (TPSA) is 95.2 Å². The summed E-state index contributed by atoms with van der Waals surface area (Å²) in [5, 5.41) is 9.51. The van der Waals surface area contributed by atoms with E-state index in [0.717, 1.165) is 6.92 Å². The predicted molar refractivity (Wildman–Crippen MR) is 72.2 cm³/mol. The van der Waals surface area contributed by atoms with Crippen molar-refractivity contribution < 1.29 is 23.1 Å². The largest absolute Gasteiger partial charge is 0.418 e. The Balaban J connectivity index is 1.91. The van der Waals surface area contributed by atoms with E-state index >= 15 is 0 Å². The van der Waals surface area contributed by atoms with Crippen molar-refractivity contribution in [3.05, 3.63) is 17.7 Å². The Bertz CT molecular complexity index is 534. The molecule has 2 heterocycles. The molecule has 1 aromatic heterocycles. The Morgan fingerprint density at radius 2 is 2.09 bits per heavy atom. The number of hydrogen-bond acceptors (Lipinski definition) is 4. The Labute approximate surface area is 125 Å². The van der Waals surface area contributed by atoms with Crippen molar-refractivity contribution in [2.45, 2.75) is 37.5 Å². The number of rotatable bonds is 4. The molecule has 0 radical (unpaired) electrons. The molecule has 2 rings (SSSR count). The number of nitrogens with two attached hydrogens (primary N) is 1. The van der Waals surface area contributed by atoms with Crippen LogP contribution >= 0.6 is 0 Å². The Hall–Kier alpha value is -1.61. The van der Waals surface area contributed by atoms with Crippen molar-refractivity contribution in [2.24, 2.45) is 5.73 Å². The Morgan fingerprint density at radius 3 is 2.55 bits per heavy atom. The molecule has 1 saturated heterocycles. The maximum Gasteiger partial charge on any atom is 0.418 e. The number of likely N-dealkylation sites (tertiary alicyclic amines) is 1. The first-order valence-corrected chi connectivity index (χ1v) is 6.96. The number of piperidine rings is 1. The number of β-amino-alcohol motifs (C(OH)–C–C–N with tert-alkyl or cyclic N) is 1. The number of halogens is 3. The second-order valence-corrected chi connectivity index (χ2v) is 5.87. The molecule has 0 bridgehead atoms. The average molecular weight is 320 g/mol. The molecule has 9 heteroatoms. The molecule has 22 heavy (non-hydrogen) atoms. The number of hydrogen-bond donors (Lipinski definition) is 3. The summed E-state index contributed by atoms with van der Waals surface area (Å²) >= 11 is 0. The summed E-state index contributed by atoms with van der Waals surface area (Å²) in [5.41, 5.74) is 2.64. The van der Waals surface area contributed by atoms with Gasteiger partial charge < -0.3 is 20.7 Å². The number of H-pyrrole nitrogens is 1. The molecule has 1 aliphatic rings. The monoisotopic (exact) mass is 320 g/mol. The van der Waals surface area contributed by atoms with Crippen molar-refractivity contribution in [1.82, 2.24) is 14.9 Å². The number of aliphatic hydroxyl groups is 1. The molecule has 1 aliphatic heterocycles. The van der Waals surface area contributed by atoms with Gasteiger partial charge in [-0.2, -0.15) is 13.2 Å². The van der Waals surface area contributed by atoms with E-state index in [1.54, 1.807) is 4.90 Å². The van der Waals surface area contributed by atoms with Crippen LogP contribution in [0, 0.1) is 0 Å². The standard InChI is InChI=1S/C13H19F3N4O2/c1-12(22,13(14,15)16)7-20-4-2-8(3-5-20)11-18-6-9(19-11)10(17)21/h6,8,22H,2-5,7H2,1H3,(H2,17,21)(H,18,19). The molecule has 1 amide bonds. The highest BCUT2D eigenvalue weighted by molar-refractivity contribution is 5.90. The van der Waals surface area contributed by atoms with E-state index < -0.39 is 24.2 Å². The van der Waals surface area contributed by atoms with Gasteiger partial charge in [-0.3, -0.25) is 4.79 Å². The van der Waals surface area contributed by atoms with E-state index in [4.69, 9.17) is 5.73 Å². The van der Waals surface area contributed by atoms with Crippen LogP contribution in [0.5, 0.6) is 0 Å². The lowest BCUT2D eigenvalue weighted by Crippen LogP contribution is -2.52. The number of amides is 1. The van der Waals surface area contributed by atoms with Crippen LogP contribution < -0.4 is 5.73 Å². The zero-order valence-corrected chi connectivity index (χ0v) is 12.2. The maximum absolute atomic E-state index is 12.7. The van der Waals surface area contributed by atoms with E-state index in [-0.39, 0.29) is 11.6 Å². The summed E-state index contributed by atoms with van der Waals surface area (Å²) in [6.07, 6.45) is -2.10. The first kappa shape index (κ1) is 16.8. The molecule has 6 nitrogen and oxygen atoms in total. The van der Waals surface area contributed by atoms with E-state index in [2.05, 4.69) is 9.97 Å². The summed E-state index contributed by atoms with van der Waals surface area (Å²) in [6.45, 7) is 1.17. The molecule has 124 valence electrons. The molecule has 1 unspecified atom stereocenters. The number of carbonyl (C=O) groups excluding carboxylic acids is 1. The molecule has 1 atom stereocenters. The third-order valence-electron chi connectivity index (χ3n) is 3.98. The smallest absolute Gasteiger partial charge is 0.380 e. The number of alkyl halides is 3. The van der Waals surface area contributed by atoms with Gasteiger partial charge >= 0.3 is 6.18 Å². The first-order valence-electron chi connectivity index (χ1n) is 6.96. The van der Waals surface area contributed by atoms with Crippen molar-refractivity contribution in [3.63, 3.8) is 0 Å². The zero-order chi connectivity index (χ0) is 16.5. The van der Waals surface area contributed by atoms with E-state index in [9.17, 15) is 23.1 Å². The Kier molecular flexibility index (Phi) is 4.48. The number of nitrogens with one attached hydrogen (secondary N) is 1. The van der Waals surface area contributed by atoms with E-state index in [1.807, 2.05) is 0 Å². The number of nitrogens with zero attached hydrogens (tertiary/aromatic N) is 2. The van der Waals surface area contributed by atoms with Gasteiger partial charge in [0.15, 0.2) is 5.60 Å². The molecule has 0 spiro atoms. The van der Waals surface area contributed by atoms with Crippen LogP contribution in [0.1, 0.15) is 42.0 Å².